The fourth-order valence-corrected chi connectivity index (χ4v) is 2.60. The minimum absolute atomic E-state index is 0.0144. The second-order valence-electron chi connectivity index (χ2n) is 5.16. The number of hydrogen-bond donors (Lipinski definition) is 1. The Labute approximate surface area is 123 Å². The van der Waals surface area contributed by atoms with E-state index in [1.165, 1.54) is 13.3 Å². The van der Waals surface area contributed by atoms with Crippen LogP contribution in [0.1, 0.15) is 36.8 Å². The predicted molar refractivity (Wildman–Crippen MR) is 75.2 cm³/mol. The molecule has 1 aromatic rings. The van der Waals surface area contributed by atoms with E-state index < -0.39 is 17.4 Å². The number of carbonyl (C=O) groups is 2. The number of nitrogens with zero attached hydrogens (tertiary/aromatic N) is 3. The Morgan fingerprint density at radius 1 is 1.43 bits per heavy atom. The number of carboxylic acids is 1. The average Bonchev–Trinajstić information content (AvgIpc) is 2.54. The highest BCUT2D eigenvalue weighted by Gasteiger charge is 2.40. The molecular formula is C14H19N3O4. The molecule has 0 aliphatic carbocycles. The SMILES string of the molecule is CCC1(C(=O)O)CCN(c2ccnc(C(=O)OC)n2)CC1. The Morgan fingerprint density at radius 2 is 2.10 bits per heavy atom. The first-order chi connectivity index (χ1) is 10.0. The van der Waals surface area contributed by atoms with Crippen molar-refractivity contribution in [3.8, 4) is 0 Å². The molecular weight excluding hydrogens is 274 g/mol. The zero-order valence-corrected chi connectivity index (χ0v) is 12.2. The quantitative estimate of drug-likeness (QED) is 0.837. The normalized spacial score (nSPS) is 17.3. The molecule has 0 bridgehead atoms. The average molecular weight is 293 g/mol. The number of methoxy groups -OCH3 is 1. The summed E-state index contributed by atoms with van der Waals surface area (Å²) in [5.74, 6) is -0.675. The lowest BCUT2D eigenvalue weighted by Gasteiger charge is -2.38. The topological polar surface area (TPSA) is 92.6 Å². The molecule has 0 unspecified atom stereocenters. The van der Waals surface area contributed by atoms with E-state index >= 15 is 0 Å². The maximum absolute atomic E-state index is 11.4. The fraction of sp³-hybridized carbons (Fsp3) is 0.571. The molecule has 0 saturated carbocycles. The van der Waals surface area contributed by atoms with Gasteiger partial charge in [0.1, 0.15) is 5.82 Å². The van der Waals surface area contributed by atoms with E-state index in [-0.39, 0.29) is 5.82 Å². The highest BCUT2D eigenvalue weighted by atomic mass is 16.5. The Morgan fingerprint density at radius 3 is 2.62 bits per heavy atom. The van der Waals surface area contributed by atoms with E-state index in [9.17, 15) is 14.7 Å². The number of ether oxygens (including phenoxy) is 1. The van der Waals surface area contributed by atoms with Crippen molar-refractivity contribution in [2.75, 3.05) is 25.1 Å². The number of hydrogen-bond acceptors (Lipinski definition) is 6. The minimum atomic E-state index is -0.734. The summed E-state index contributed by atoms with van der Waals surface area (Å²) in [5, 5.41) is 9.39. The molecule has 1 aliphatic heterocycles. The summed E-state index contributed by atoms with van der Waals surface area (Å²) in [6, 6.07) is 1.71. The first-order valence-corrected chi connectivity index (χ1v) is 6.92. The summed E-state index contributed by atoms with van der Waals surface area (Å²) in [6.45, 7) is 3.10. The molecule has 1 aliphatic rings. The van der Waals surface area contributed by atoms with E-state index in [1.807, 2.05) is 11.8 Å². The van der Waals surface area contributed by atoms with Crippen LogP contribution in [0, 0.1) is 5.41 Å². The van der Waals surface area contributed by atoms with Crippen molar-refractivity contribution in [1.29, 1.82) is 0 Å². The van der Waals surface area contributed by atoms with E-state index in [4.69, 9.17) is 0 Å². The lowest BCUT2D eigenvalue weighted by atomic mass is 9.76. The number of rotatable bonds is 4. The van der Waals surface area contributed by atoms with E-state index in [2.05, 4.69) is 14.7 Å². The molecule has 0 spiro atoms. The zero-order valence-electron chi connectivity index (χ0n) is 12.2. The minimum Gasteiger partial charge on any atom is -0.481 e. The number of carbonyl (C=O) groups excluding carboxylic acids is 1. The van der Waals surface area contributed by atoms with Crippen LogP contribution in [0.2, 0.25) is 0 Å². The maximum atomic E-state index is 11.4. The van der Waals surface area contributed by atoms with Crippen LogP contribution < -0.4 is 4.90 Å². The van der Waals surface area contributed by atoms with Crippen molar-refractivity contribution >= 4 is 17.8 Å². The smallest absolute Gasteiger partial charge is 0.376 e. The Kier molecular flexibility index (Phi) is 4.40. The van der Waals surface area contributed by atoms with Crippen molar-refractivity contribution in [3.05, 3.63) is 18.1 Å². The largest absolute Gasteiger partial charge is 0.481 e. The molecule has 0 aromatic carbocycles. The molecule has 21 heavy (non-hydrogen) atoms. The van der Waals surface area contributed by atoms with Gasteiger partial charge in [-0.05, 0) is 25.3 Å². The van der Waals surface area contributed by atoms with Gasteiger partial charge in [0, 0.05) is 19.3 Å². The summed E-state index contributed by atoms with van der Waals surface area (Å²) in [5.41, 5.74) is -0.644. The van der Waals surface area contributed by atoms with Crippen LogP contribution in [0.4, 0.5) is 5.82 Å². The first kappa shape index (κ1) is 15.2. The van der Waals surface area contributed by atoms with Gasteiger partial charge in [0.15, 0.2) is 0 Å². The summed E-state index contributed by atoms with van der Waals surface area (Å²) in [6.07, 6.45) is 3.26. The van der Waals surface area contributed by atoms with Crippen molar-refractivity contribution in [2.45, 2.75) is 26.2 Å². The van der Waals surface area contributed by atoms with Gasteiger partial charge in [-0.15, -0.1) is 0 Å². The molecule has 0 atom stereocenters. The van der Waals surface area contributed by atoms with E-state index in [0.29, 0.717) is 38.2 Å². The molecule has 114 valence electrons. The molecule has 0 radical (unpaired) electrons. The first-order valence-electron chi connectivity index (χ1n) is 6.92. The van der Waals surface area contributed by atoms with Crippen molar-refractivity contribution in [2.24, 2.45) is 5.41 Å². The molecule has 1 saturated heterocycles. The lowest BCUT2D eigenvalue weighted by Crippen LogP contribution is -2.44. The standard InChI is InChI=1S/C14H19N3O4/c1-3-14(13(19)20)5-8-17(9-6-14)10-4-7-15-11(16-10)12(18)21-2/h4,7H,3,5-6,8-9H2,1-2H3,(H,19,20). The Balaban J connectivity index is 2.12. The van der Waals surface area contributed by atoms with Crippen molar-refractivity contribution < 1.29 is 19.4 Å². The van der Waals surface area contributed by atoms with Crippen LogP contribution in [0.25, 0.3) is 0 Å². The number of aliphatic carboxylic acids is 1. The third-order valence-electron chi connectivity index (χ3n) is 4.18. The molecule has 7 nitrogen and oxygen atoms in total. The monoisotopic (exact) mass is 293 g/mol. The van der Waals surface area contributed by atoms with Gasteiger partial charge in [-0.25, -0.2) is 14.8 Å². The van der Waals surface area contributed by atoms with Gasteiger partial charge in [-0.3, -0.25) is 4.79 Å². The van der Waals surface area contributed by atoms with Gasteiger partial charge >= 0.3 is 11.9 Å². The second kappa shape index (κ2) is 6.07. The number of piperidine rings is 1. The maximum Gasteiger partial charge on any atom is 0.376 e. The summed E-state index contributed by atoms with van der Waals surface area (Å²) < 4.78 is 4.60. The van der Waals surface area contributed by atoms with Gasteiger partial charge in [0.2, 0.25) is 5.82 Å². The van der Waals surface area contributed by atoms with Crippen molar-refractivity contribution in [1.82, 2.24) is 9.97 Å². The molecule has 1 N–H and O–H groups in total. The summed E-state index contributed by atoms with van der Waals surface area (Å²) in [7, 11) is 1.28. The molecule has 1 fully saturated rings. The zero-order chi connectivity index (χ0) is 15.5. The van der Waals surface area contributed by atoms with Gasteiger partial charge in [0.25, 0.3) is 0 Å². The fourth-order valence-electron chi connectivity index (χ4n) is 2.60. The molecule has 2 heterocycles. The van der Waals surface area contributed by atoms with Crippen LogP contribution >= 0.6 is 0 Å². The highest BCUT2D eigenvalue weighted by molar-refractivity contribution is 5.85. The molecule has 0 amide bonds. The lowest BCUT2D eigenvalue weighted by molar-refractivity contribution is -0.150. The third kappa shape index (κ3) is 2.96. The van der Waals surface area contributed by atoms with Gasteiger partial charge < -0.3 is 14.7 Å². The van der Waals surface area contributed by atoms with Crippen LogP contribution in [-0.4, -0.2) is 47.2 Å². The number of anilines is 1. The van der Waals surface area contributed by atoms with Gasteiger partial charge in [0.05, 0.1) is 12.5 Å². The Hall–Kier alpha value is -2.18. The van der Waals surface area contributed by atoms with Crippen LogP contribution in [0.15, 0.2) is 12.3 Å². The highest BCUT2D eigenvalue weighted by Crippen LogP contribution is 2.36. The van der Waals surface area contributed by atoms with Crippen LogP contribution in [-0.2, 0) is 9.53 Å². The molecule has 2 rings (SSSR count). The van der Waals surface area contributed by atoms with Crippen LogP contribution in [0.3, 0.4) is 0 Å². The summed E-state index contributed by atoms with van der Waals surface area (Å²) >= 11 is 0. The van der Waals surface area contributed by atoms with E-state index in [1.54, 1.807) is 6.07 Å². The van der Waals surface area contributed by atoms with Crippen molar-refractivity contribution in [3.63, 3.8) is 0 Å². The van der Waals surface area contributed by atoms with Gasteiger partial charge in [-0.2, -0.15) is 0 Å². The number of esters is 1. The van der Waals surface area contributed by atoms with E-state index in [0.717, 1.165) is 0 Å². The molecule has 1 aromatic heterocycles. The molecule has 7 heteroatoms. The Bertz CT molecular complexity index is 539. The third-order valence-corrected chi connectivity index (χ3v) is 4.18. The van der Waals surface area contributed by atoms with Gasteiger partial charge in [-0.1, -0.05) is 6.92 Å². The predicted octanol–water partition coefficient (Wildman–Crippen LogP) is 1.34. The summed E-state index contributed by atoms with van der Waals surface area (Å²) in [4.78, 5) is 32.9. The number of aromatic nitrogens is 2. The number of carboxylic acid groups (broad SMARTS) is 1. The second-order valence-corrected chi connectivity index (χ2v) is 5.16. The van der Waals surface area contributed by atoms with Crippen LogP contribution in [0.5, 0.6) is 0 Å².